The minimum Gasteiger partial charge on any atom is -0.369 e. The van der Waals surface area contributed by atoms with Crippen LogP contribution in [-0.2, 0) is 10.0 Å². The number of benzene rings is 2. The average Bonchev–Trinajstić information content (AvgIpc) is 2.61. The third kappa shape index (κ3) is 3.92. The predicted octanol–water partition coefficient (Wildman–Crippen LogP) is 3.33. The van der Waals surface area contributed by atoms with E-state index in [4.69, 9.17) is 0 Å². The number of Topliss-reactive ketones (excluding diaryl/α,β-unsaturated/α-hetero) is 1. The molecule has 0 unspecified atom stereocenters. The van der Waals surface area contributed by atoms with Crippen molar-refractivity contribution in [2.75, 3.05) is 31.1 Å². The minimum atomic E-state index is -3.50. The number of piperazine rings is 1. The summed E-state index contributed by atoms with van der Waals surface area (Å²) >= 11 is 0. The fourth-order valence-electron chi connectivity index (χ4n) is 3.80. The van der Waals surface area contributed by atoms with Gasteiger partial charge >= 0.3 is 0 Å². The number of carbonyl (C=O) groups excluding carboxylic acids is 1. The molecule has 0 bridgehead atoms. The summed E-state index contributed by atoms with van der Waals surface area (Å²) in [6.45, 7) is 9.40. The van der Waals surface area contributed by atoms with Crippen LogP contribution in [0.4, 0.5) is 5.69 Å². The first kappa shape index (κ1) is 19.6. The van der Waals surface area contributed by atoms with Crippen LogP contribution in [0.5, 0.6) is 0 Å². The number of carbonyl (C=O) groups is 1. The maximum atomic E-state index is 13.2. The highest BCUT2D eigenvalue weighted by Gasteiger charge is 2.31. The molecule has 0 aromatic heterocycles. The van der Waals surface area contributed by atoms with Crippen LogP contribution in [0.1, 0.15) is 34.0 Å². The summed E-state index contributed by atoms with van der Waals surface area (Å²) in [5.74, 6) is 0.0429. The molecule has 27 heavy (non-hydrogen) atoms. The molecule has 1 heterocycles. The minimum absolute atomic E-state index is 0.0429. The van der Waals surface area contributed by atoms with E-state index in [-0.39, 0.29) is 5.78 Å². The summed E-state index contributed by atoms with van der Waals surface area (Å²) in [4.78, 5) is 14.0. The monoisotopic (exact) mass is 386 g/mol. The number of anilines is 1. The predicted molar refractivity (Wildman–Crippen MR) is 108 cm³/mol. The highest BCUT2D eigenvalue weighted by molar-refractivity contribution is 7.89. The van der Waals surface area contributed by atoms with Gasteiger partial charge < -0.3 is 4.90 Å². The van der Waals surface area contributed by atoms with E-state index in [0.717, 1.165) is 22.4 Å². The van der Waals surface area contributed by atoms with Gasteiger partial charge in [0.2, 0.25) is 10.0 Å². The largest absolute Gasteiger partial charge is 0.369 e. The Balaban J connectivity index is 1.76. The Bertz CT molecular complexity index is 934. The molecule has 0 atom stereocenters. The van der Waals surface area contributed by atoms with Gasteiger partial charge in [-0.2, -0.15) is 4.31 Å². The van der Waals surface area contributed by atoms with Crippen LogP contribution in [0, 0.1) is 20.8 Å². The highest BCUT2D eigenvalue weighted by atomic mass is 32.2. The molecule has 2 aromatic rings. The van der Waals surface area contributed by atoms with Crippen LogP contribution in [0.3, 0.4) is 0 Å². The van der Waals surface area contributed by atoms with E-state index in [1.54, 1.807) is 11.2 Å². The number of aryl methyl sites for hydroxylation is 3. The zero-order valence-electron chi connectivity index (χ0n) is 16.3. The van der Waals surface area contributed by atoms with Crippen LogP contribution in [0.15, 0.2) is 41.3 Å². The van der Waals surface area contributed by atoms with Gasteiger partial charge in [0, 0.05) is 37.4 Å². The zero-order valence-corrected chi connectivity index (χ0v) is 17.1. The first-order chi connectivity index (χ1) is 12.7. The van der Waals surface area contributed by atoms with E-state index in [0.29, 0.717) is 36.6 Å². The summed E-state index contributed by atoms with van der Waals surface area (Å²) in [5.41, 5.74) is 4.37. The third-order valence-corrected chi connectivity index (χ3v) is 7.28. The molecule has 0 N–H and O–H groups in total. The van der Waals surface area contributed by atoms with Crippen molar-refractivity contribution in [3.8, 4) is 0 Å². The van der Waals surface area contributed by atoms with Crippen LogP contribution in [0.25, 0.3) is 0 Å². The first-order valence-corrected chi connectivity index (χ1v) is 10.6. The van der Waals surface area contributed by atoms with Crippen molar-refractivity contribution in [1.29, 1.82) is 0 Å². The fraction of sp³-hybridized carbons (Fsp3) is 0.381. The van der Waals surface area contributed by atoms with E-state index in [9.17, 15) is 13.2 Å². The maximum absolute atomic E-state index is 13.2. The lowest BCUT2D eigenvalue weighted by atomic mass is 10.1. The molecule has 3 rings (SSSR count). The maximum Gasteiger partial charge on any atom is 0.243 e. The number of rotatable bonds is 4. The Morgan fingerprint density at radius 2 is 1.41 bits per heavy atom. The smallest absolute Gasteiger partial charge is 0.243 e. The lowest BCUT2D eigenvalue weighted by Gasteiger charge is -2.36. The summed E-state index contributed by atoms with van der Waals surface area (Å²) in [5, 5.41) is 0. The van der Waals surface area contributed by atoms with Crippen molar-refractivity contribution in [3.63, 3.8) is 0 Å². The molecular formula is C21H26N2O3S. The molecule has 1 fully saturated rings. The highest BCUT2D eigenvalue weighted by Crippen LogP contribution is 2.27. The molecule has 0 spiro atoms. The molecule has 0 aliphatic carbocycles. The Morgan fingerprint density at radius 3 is 1.89 bits per heavy atom. The Morgan fingerprint density at radius 1 is 0.889 bits per heavy atom. The number of hydrogen-bond donors (Lipinski definition) is 0. The van der Waals surface area contributed by atoms with Crippen molar-refractivity contribution in [3.05, 3.63) is 58.7 Å². The quantitative estimate of drug-likeness (QED) is 0.757. The van der Waals surface area contributed by atoms with Gasteiger partial charge in [0.15, 0.2) is 5.78 Å². The standard InChI is InChI=1S/C21H26N2O3S/c1-15-13-16(2)21(17(3)14-15)27(25,26)23-11-9-22(10-12-23)20-7-5-19(6-8-20)18(4)24/h5-8,13-14H,9-12H2,1-4H3. The second-order valence-corrected chi connectivity index (χ2v) is 9.10. The summed E-state index contributed by atoms with van der Waals surface area (Å²) in [6, 6.07) is 11.3. The van der Waals surface area contributed by atoms with Crippen molar-refractivity contribution in [1.82, 2.24) is 4.31 Å². The van der Waals surface area contributed by atoms with Gasteiger partial charge in [-0.3, -0.25) is 4.79 Å². The van der Waals surface area contributed by atoms with Crippen molar-refractivity contribution >= 4 is 21.5 Å². The zero-order chi connectivity index (χ0) is 19.8. The normalized spacial score (nSPS) is 15.8. The summed E-state index contributed by atoms with van der Waals surface area (Å²) in [6.07, 6.45) is 0. The van der Waals surface area contributed by atoms with E-state index < -0.39 is 10.0 Å². The molecule has 0 amide bonds. The molecule has 0 saturated carbocycles. The van der Waals surface area contributed by atoms with Crippen LogP contribution < -0.4 is 4.90 Å². The van der Waals surface area contributed by atoms with Crippen molar-refractivity contribution < 1.29 is 13.2 Å². The van der Waals surface area contributed by atoms with E-state index in [2.05, 4.69) is 4.90 Å². The van der Waals surface area contributed by atoms with Crippen LogP contribution in [-0.4, -0.2) is 44.7 Å². The number of nitrogens with zero attached hydrogens (tertiary/aromatic N) is 2. The molecule has 2 aromatic carbocycles. The van der Waals surface area contributed by atoms with Crippen LogP contribution in [0.2, 0.25) is 0 Å². The van der Waals surface area contributed by atoms with E-state index >= 15 is 0 Å². The van der Waals surface area contributed by atoms with E-state index in [1.807, 2.05) is 57.2 Å². The second-order valence-electron chi connectivity index (χ2n) is 7.22. The van der Waals surface area contributed by atoms with Gasteiger partial charge in [0.1, 0.15) is 0 Å². The summed E-state index contributed by atoms with van der Waals surface area (Å²) in [7, 11) is -3.50. The molecule has 6 heteroatoms. The molecule has 0 radical (unpaired) electrons. The van der Waals surface area contributed by atoms with Gasteiger partial charge in [-0.05, 0) is 63.1 Å². The van der Waals surface area contributed by atoms with Crippen molar-refractivity contribution in [2.24, 2.45) is 0 Å². The number of ketones is 1. The molecule has 1 aliphatic heterocycles. The van der Waals surface area contributed by atoms with Crippen LogP contribution >= 0.6 is 0 Å². The lowest BCUT2D eigenvalue weighted by Crippen LogP contribution is -2.48. The number of sulfonamides is 1. The van der Waals surface area contributed by atoms with Gasteiger partial charge in [0.05, 0.1) is 4.90 Å². The molecule has 1 saturated heterocycles. The molecule has 144 valence electrons. The SMILES string of the molecule is CC(=O)c1ccc(N2CCN(S(=O)(=O)c3c(C)cc(C)cc3C)CC2)cc1. The Hall–Kier alpha value is -2.18. The topological polar surface area (TPSA) is 57.7 Å². The molecular weight excluding hydrogens is 360 g/mol. The van der Waals surface area contributed by atoms with Gasteiger partial charge in [0.25, 0.3) is 0 Å². The van der Waals surface area contributed by atoms with Gasteiger partial charge in [-0.25, -0.2) is 8.42 Å². The van der Waals surface area contributed by atoms with Crippen molar-refractivity contribution in [2.45, 2.75) is 32.6 Å². The molecule has 5 nitrogen and oxygen atoms in total. The number of hydrogen-bond acceptors (Lipinski definition) is 4. The van der Waals surface area contributed by atoms with Gasteiger partial charge in [-0.1, -0.05) is 17.7 Å². The first-order valence-electron chi connectivity index (χ1n) is 9.14. The Kier molecular flexibility index (Phi) is 5.40. The second kappa shape index (κ2) is 7.44. The average molecular weight is 387 g/mol. The van der Waals surface area contributed by atoms with Gasteiger partial charge in [-0.15, -0.1) is 0 Å². The third-order valence-electron chi connectivity index (χ3n) is 5.08. The lowest BCUT2D eigenvalue weighted by molar-refractivity contribution is 0.101. The fourth-order valence-corrected chi connectivity index (χ4v) is 5.63. The van der Waals surface area contributed by atoms with E-state index in [1.165, 1.54) is 0 Å². The molecule has 1 aliphatic rings. The summed E-state index contributed by atoms with van der Waals surface area (Å²) < 4.78 is 27.9. The Labute approximate surface area is 161 Å².